The number of urea groups is 1. The Labute approximate surface area is 189 Å². The molecular weight excluding hydrogens is 398 g/mol. The highest BCUT2D eigenvalue weighted by Gasteiger charge is 2.29. The molecule has 1 fully saturated rings. The Bertz CT molecular complexity index is 1000. The van der Waals surface area contributed by atoms with Crippen LogP contribution >= 0.6 is 0 Å². The Morgan fingerprint density at radius 1 is 0.812 bits per heavy atom. The highest BCUT2D eigenvalue weighted by Crippen LogP contribution is 2.23. The zero-order valence-electron chi connectivity index (χ0n) is 18.1. The lowest BCUT2D eigenvalue weighted by molar-refractivity contribution is -0.127. The summed E-state index contributed by atoms with van der Waals surface area (Å²) < 4.78 is 0. The van der Waals surface area contributed by atoms with Crippen LogP contribution in [-0.4, -0.2) is 29.9 Å². The largest absolute Gasteiger partial charge is 0.349 e. The topological polar surface area (TPSA) is 61.4 Å². The van der Waals surface area contributed by atoms with Crippen molar-refractivity contribution in [3.05, 3.63) is 102 Å². The standard InChI is InChI=1S/C27H29N3O2/c31-26(23-16-18-30(19-17-23)27(32)28-24-14-8-3-9-15-24)29-25(22-12-6-2-7-13-22)20-21-10-4-1-5-11-21/h1-15,23,25H,16-20H2,(H,28,32)(H,29,31). The molecule has 0 spiro atoms. The summed E-state index contributed by atoms with van der Waals surface area (Å²) in [6.45, 7) is 1.15. The van der Waals surface area contributed by atoms with Crippen LogP contribution in [0.2, 0.25) is 0 Å². The number of carbonyl (C=O) groups is 2. The van der Waals surface area contributed by atoms with Crippen molar-refractivity contribution in [1.82, 2.24) is 10.2 Å². The van der Waals surface area contributed by atoms with Crippen LogP contribution in [0.1, 0.15) is 30.0 Å². The van der Waals surface area contributed by atoms with Gasteiger partial charge in [-0.2, -0.15) is 0 Å². The molecule has 1 atom stereocenters. The van der Waals surface area contributed by atoms with Crippen LogP contribution < -0.4 is 10.6 Å². The van der Waals surface area contributed by atoms with Gasteiger partial charge in [-0.3, -0.25) is 4.79 Å². The second kappa shape index (κ2) is 10.6. The van der Waals surface area contributed by atoms with Gasteiger partial charge in [0.1, 0.15) is 0 Å². The number of likely N-dealkylation sites (tertiary alicyclic amines) is 1. The van der Waals surface area contributed by atoms with E-state index in [2.05, 4.69) is 34.9 Å². The Kier molecular flexibility index (Phi) is 7.18. The van der Waals surface area contributed by atoms with Crippen molar-refractivity contribution < 1.29 is 9.59 Å². The molecule has 0 aliphatic carbocycles. The summed E-state index contributed by atoms with van der Waals surface area (Å²) in [6.07, 6.45) is 2.08. The van der Waals surface area contributed by atoms with E-state index in [9.17, 15) is 9.59 Å². The van der Waals surface area contributed by atoms with Gasteiger partial charge in [0.25, 0.3) is 0 Å². The van der Waals surface area contributed by atoms with Crippen LogP contribution in [0.25, 0.3) is 0 Å². The smallest absolute Gasteiger partial charge is 0.321 e. The van der Waals surface area contributed by atoms with Gasteiger partial charge in [-0.15, -0.1) is 0 Å². The van der Waals surface area contributed by atoms with Crippen LogP contribution in [0.3, 0.4) is 0 Å². The average Bonchev–Trinajstić information content (AvgIpc) is 2.85. The van der Waals surface area contributed by atoms with Gasteiger partial charge >= 0.3 is 6.03 Å². The molecule has 0 radical (unpaired) electrons. The van der Waals surface area contributed by atoms with Gasteiger partial charge in [-0.05, 0) is 42.5 Å². The maximum atomic E-state index is 13.1. The minimum absolute atomic E-state index is 0.0675. The van der Waals surface area contributed by atoms with Gasteiger partial charge in [0.2, 0.25) is 5.91 Å². The zero-order valence-corrected chi connectivity index (χ0v) is 18.1. The molecule has 3 aromatic rings. The molecule has 5 heteroatoms. The Hall–Kier alpha value is -3.60. The molecule has 4 rings (SSSR count). The lowest BCUT2D eigenvalue weighted by Crippen LogP contribution is -2.45. The summed E-state index contributed by atoms with van der Waals surface area (Å²) >= 11 is 0. The van der Waals surface area contributed by atoms with Crippen LogP contribution in [-0.2, 0) is 11.2 Å². The molecule has 1 aliphatic rings. The fourth-order valence-corrected chi connectivity index (χ4v) is 4.15. The van der Waals surface area contributed by atoms with E-state index in [1.165, 1.54) is 5.56 Å². The summed E-state index contributed by atoms with van der Waals surface area (Å²) in [6, 6.07) is 29.6. The molecule has 0 saturated carbocycles. The first kappa shape index (κ1) is 21.6. The van der Waals surface area contributed by atoms with Gasteiger partial charge in [-0.1, -0.05) is 78.9 Å². The second-order valence-electron chi connectivity index (χ2n) is 8.22. The summed E-state index contributed by atoms with van der Waals surface area (Å²) in [7, 11) is 0. The zero-order chi connectivity index (χ0) is 22.2. The number of amides is 3. The molecule has 3 amide bonds. The molecule has 1 unspecified atom stereocenters. The summed E-state index contributed by atoms with van der Waals surface area (Å²) in [5.41, 5.74) is 3.07. The first-order valence-corrected chi connectivity index (χ1v) is 11.2. The van der Waals surface area contributed by atoms with Crippen molar-refractivity contribution in [2.75, 3.05) is 18.4 Å². The van der Waals surface area contributed by atoms with E-state index in [0.717, 1.165) is 17.7 Å². The number of hydrogen-bond acceptors (Lipinski definition) is 2. The number of rotatable bonds is 6. The number of piperidine rings is 1. The minimum Gasteiger partial charge on any atom is -0.349 e. The monoisotopic (exact) mass is 427 g/mol. The van der Waals surface area contributed by atoms with E-state index in [1.54, 1.807) is 4.90 Å². The highest BCUT2D eigenvalue weighted by molar-refractivity contribution is 5.89. The first-order chi connectivity index (χ1) is 15.7. The lowest BCUT2D eigenvalue weighted by Gasteiger charge is -2.32. The number of nitrogens with zero attached hydrogens (tertiary/aromatic N) is 1. The predicted octanol–water partition coefficient (Wildman–Crippen LogP) is 5.03. The van der Waals surface area contributed by atoms with Gasteiger partial charge in [-0.25, -0.2) is 4.79 Å². The summed E-state index contributed by atoms with van der Waals surface area (Å²) in [4.78, 5) is 27.4. The summed E-state index contributed by atoms with van der Waals surface area (Å²) in [5, 5.41) is 6.20. The molecule has 0 aromatic heterocycles. The van der Waals surface area contributed by atoms with E-state index in [1.807, 2.05) is 66.7 Å². The van der Waals surface area contributed by atoms with Crippen LogP contribution in [0.15, 0.2) is 91.0 Å². The first-order valence-electron chi connectivity index (χ1n) is 11.2. The maximum absolute atomic E-state index is 13.1. The minimum atomic E-state index is -0.110. The molecule has 1 aliphatic heterocycles. The second-order valence-corrected chi connectivity index (χ2v) is 8.22. The van der Waals surface area contributed by atoms with Crippen molar-refractivity contribution in [2.24, 2.45) is 5.92 Å². The number of anilines is 1. The average molecular weight is 428 g/mol. The van der Waals surface area contributed by atoms with Crippen molar-refractivity contribution in [2.45, 2.75) is 25.3 Å². The normalized spacial score (nSPS) is 15.1. The maximum Gasteiger partial charge on any atom is 0.321 e. The number of carbonyl (C=O) groups excluding carboxylic acids is 2. The third-order valence-electron chi connectivity index (χ3n) is 5.98. The van der Waals surface area contributed by atoms with E-state index in [0.29, 0.717) is 25.9 Å². The third-order valence-corrected chi connectivity index (χ3v) is 5.98. The summed E-state index contributed by atoms with van der Waals surface area (Å²) in [5.74, 6) is -0.0179. The van der Waals surface area contributed by atoms with E-state index < -0.39 is 0 Å². The molecule has 5 nitrogen and oxygen atoms in total. The van der Waals surface area contributed by atoms with Gasteiger partial charge in [0.15, 0.2) is 0 Å². The van der Waals surface area contributed by atoms with Crippen molar-refractivity contribution in [3.8, 4) is 0 Å². The van der Waals surface area contributed by atoms with E-state index in [-0.39, 0.29) is 23.9 Å². The van der Waals surface area contributed by atoms with Crippen molar-refractivity contribution in [1.29, 1.82) is 0 Å². The lowest BCUT2D eigenvalue weighted by atomic mass is 9.93. The van der Waals surface area contributed by atoms with Crippen molar-refractivity contribution >= 4 is 17.6 Å². The van der Waals surface area contributed by atoms with Crippen molar-refractivity contribution in [3.63, 3.8) is 0 Å². The van der Waals surface area contributed by atoms with Crippen LogP contribution in [0.4, 0.5) is 10.5 Å². The molecule has 1 heterocycles. The van der Waals surface area contributed by atoms with Gasteiger partial charge in [0, 0.05) is 24.7 Å². The highest BCUT2D eigenvalue weighted by atomic mass is 16.2. The Morgan fingerprint density at radius 3 is 2.00 bits per heavy atom. The third kappa shape index (κ3) is 5.76. The molecule has 3 aromatic carbocycles. The number of hydrogen-bond donors (Lipinski definition) is 2. The Balaban J connectivity index is 1.34. The fraction of sp³-hybridized carbons (Fsp3) is 0.259. The van der Waals surface area contributed by atoms with Crippen LogP contribution in [0, 0.1) is 5.92 Å². The predicted molar refractivity (Wildman–Crippen MR) is 127 cm³/mol. The molecule has 0 bridgehead atoms. The SMILES string of the molecule is O=C(NC(Cc1ccccc1)c1ccccc1)C1CCN(C(=O)Nc2ccccc2)CC1. The molecule has 2 N–H and O–H groups in total. The van der Waals surface area contributed by atoms with Gasteiger partial charge in [0.05, 0.1) is 6.04 Å². The quantitative estimate of drug-likeness (QED) is 0.580. The van der Waals surface area contributed by atoms with E-state index >= 15 is 0 Å². The number of para-hydroxylation sites is 1. The molecular formula is C27H29N3O2. The number of benzene rings is 3. The molecule has 1 saturated heterocycles. The molecule has 164 valence electrons. The van der Waals surface area contributed by atoms with Gasteiger partial charge < -0.3 is 15.5 Å². The molecule has 32 heavy (non-hydrogen) atoms. The van der Waals surface area contributed by atoms with Crippen LogP contribution in [0.5, 0.6) is 0 Å². The number of nitrogens with one attached hydrogen (secondary N) is 2. The van der Waals surface area contributed by atoms with E-state index in [4.69, 9.17) is 0 Å². The Morgan fingerprint density at radius 2 is 1.38 bits per heavy atom. The fourth-order valence-electron chi connectivity index (χ4n) is 4.15.